The highest BCUT2D eigenvalue weighted by Gasteiger charge is 2.29. The van der Waals surface area contributed by atoms with Crippen molar-refractivity contribution in [2.75, 3.05) is 37.7 Å². The molecule has 33 heavy (non-hydrogen) atoms. The number of benzene rings is 3. The molecular formula is C27H29ClN2O3. The molecule has 0 saturated carbocycles. The molecule has 3 aromatic carbocycles. The van der Waals surface area contributed by atoms with Gasteiger partial charge in [-0.1, -0.05) is 72.3 Å². The number of halogens is 1. The van der Waals surface area contributed by atoms with E-state index in [1.54, 1.807) is 13.0 Å². The van der Waals surface area contributed by atoms with Crippen molar-refractivity contribution in [2.24, 2.45) is 0 Å². The van der Waals surface area contributed by atoms with Gasteiger partial charge in [0.05, 0.1) is 23.4 Å². The van der Waals surface area contributed by atoms with Crippen LogP contribution in [0.2, 0.25) is 5.02 Å². The van der Waals surface area contributed by atoms with Crippen LogP contribution >= 0.6 is 11.6 Å². The van der Waals surface area contributed by atoms with E-state index in [1.165, 1.54) is 11.1 Å². The normalized spacial score (nSPS) is 16.4. The van der Waals surface area contributed by atoms with E-state index < -0.39 is 5.97 Å². The molecule has 0 amide bonds. The lowest BCUT2D eigenvalue weighted by Gasteiger charge is -2.43. The van der Waals surface area contributed by atoms with Crippen molar-refractivity contribution in [3.63, 3.8) is 0 Å². The van der Waals surface area contributed by atoms with Gasteiger partial charge in [-0.05, 0) is 30.2 Å². The average Bonchev–Trinajstić information content (AvgIpc) is 2.84. The van der Waals surface area contributed by atoms with Gasteiger partial charge in [-0.25, -0.2) is 4.79 Å². The number of piperazine rings is 1. The van der Waals surface area contributed by atoms with Crippen molar-refractivity contribution in [3.05, 3.63) is 95.0 Å². The summed E-state index contributed by atoms with van der Waals surface area (Å²) >= 11 is 6.71. The molecule has 0 bridgehead atoms. The van der Waals surface area contributed by atoms with Crippen LogP contribution < -0.4 is 9.64 Å². The minimum absolute atomic E-state index is 0.131. The van der Waals surface area contributed by atoms with Gasteiger partial charge < -0.3 is 14.4 Å². The Balaban J connectivity index is 1.52. The van der Waals surface area contributed by atoms with Gasteiger partial charge in [0.25, 0.3) is 0 Å². The number of carbonyl (C=O) groups excluding carboxylic acids is 1. The Labute approximate surface area is 200 Å². The smallest absolute Gasteiger partial charge is 0.344 e. The first kappa shape index (κ1) is 23.1. The fourth-order valence-electron chi connectivity index (χ4n) is 4.23. The van der Waals surface area contributed by atoms with E-state index in [2.05, 4.69) is 64.4 Å². The zero-order valence-electron chi connectivity index (χ0n) is 18.8. The molecule has 1 saturated heterocycles. The predicted octanol–water partition coefficient (Wildman–Crippen LogP) is 5.35. The summed E-state index contributed by atoms with van der Waals surface area (Å²) < 4.78 is 10.5. The largest absolute Gasteiger partial charge is 0.482 e. The lowest BCUT2D eigenvalue weighted by molar-refractivity contribution is -0.145. The van der Waals surface area contributed by atoms with Crippen molar-refractivity contribution < 1.29 is 14.3 Å². The first-order valence-corrected chi connectivity index (χ1v) is 11.7. The molecule has 0 aromatic heterocycles. The fourth-order valence-corrected chi connectivity index (χ4v) is 4.51. The van der Waals surface area contributed by atoms with E-state index in [-0.39, 0.29) is 12.6 Å². The summed E-state index contributed by atoms with van der Waals surface area (Å²) in [4.78, 5) is 16.4. The molecule has 5 nitrogen and oxygen atoms in total. The van der Waals surface area contributed by atoms with Gasteiger partial charge in [-0.15, -0.1) is 0 Å². The first-order chi connectivity index (χ1) is 16.1. The molecule has 1 aliphatic heterocycles. The topological polar surface area (TPSA) is 42.0 Å². The quantitative estimate of drug-likeness (QED) is 0.420. The number of esters is 1. The van der Waals surface area contributed by atoms with E-state index in [0.717, 1.165) is 31.9 Å². The van der Waals surface area contributed by atoms with Crippen LogP contribution in [0.5, 0.6) is 5.75 Å². The fraction of sp³-hybridized carbons (Fsp3) is 0.296. The SMILES string of the molecule is CCOC(=O)COc1ccc(N2CCN(Cc3ccccc3)C[C@H]2c2ccccc2)c(Cl)c1. The summed E-state index contributed by atoms with van der Waals surface area (Å²) in [7, 11) is 0. The monoisotopic (exact) mass is 464 g/mol. The summed E-state index contributed by atoms with van der Waals surface area (Å²) in [6.07, 6.45) is 0. The van der Waals surface area contributed by atoms with Gasteiger partial charge in [-0.3, -0.25) is 4.90 Å². The number of nitrogens with zero attached hydrogens (tertiary/aromatic N) is 2. The maximum Gasteiger partial charge on any atom is 0.344 e. The van der Waals surface area contributed by atoms with Crippen LogP contribution in [0.3, 0.4) is 0 Å². The molecule has 4 rings (SSSR count). The molecule has 0 aliphatic carbocycles. The number of ether oxygens (including phenoxy) is 2. The molecule has 0 radical (unpaired) electrons. The molecule has 172 valence electrons. The van der Waals surface area contributed by atoms with Crippen LogP contribution in [0.15, 0.2) is 78.9 Å². The van der Waals surface area contributed by atoms with Crippen molar-refractivity contribution >= 4 is 23.3 Å². The highest BCUT2D eigenvalue weighted by atomic mass is 35.5. The summed E-state index contributed by atoms with van der Waals surface area (Å²) in [6.45, 7) is 5.59. The van der Waals surface area contributed by atoms with Crippen molar-refractivity contribution in [1.29, 1.82) is 0 Å². The van der Waals surface area contributed by atoms with Gasteiger partial charge >= 0.3 is 5.97 Å². The van der Waals surface area contributed by atoms with Crippen molar-refractivity contribution in [2.45, 2.75) is 19.5 Å². The van der Waals surface area contributed by atoms with Gasteiger partial charge in [-0.2, -0.15) is 0 Å². The number of carbonyl (C=O) groups is 1. The Hall–Kier alpha value is -3.02. The summed E-state index contributed by atoms with van der Waals surface area (Å²) in [5, 5.41) is 0.605. The Morgan fingerprint density at radius 2 is 1.73 bits per heavy atom. The first-order valence-electron chi connectivity index (χ1n) is 11.3. The highest BCUT2D eigenvalue weighted by molar-refractivity contribution is 6.33. The number of anilines is 1. The Morgan fingerprint density at radius 3 is 2.42 bits per heavy atom. The van der Waals surface area contributed by atoms with E-state index in [4.69, 9.17) is 21.1 Å². The molecule has 1 fully saturated rings. The second-order valence-electron chi connectivity index (χ2n) is 8.05. The summed E-state index contributed by atoms with van der Waals surface area (Å²) in [5.41, 5.74) is 3.54. The summed E-state index contributed by atoms with van der Waals surface area (Å²) in [5.74, 6) is 0.159. The van der Waals surface area contributed by atoms with Crippen LogP contribution in [0.25, 0.3) is 0 Å². The Bertz CT molecular complexity index is 1050. The number of rotatable bonds is 8. The zero-order chi connectivity index (χ0) is 23.0. The maximum absolute atomic E-state index is 11.6. The molecule has 0 unspecified atom stereocenters. The van der Waals surface area contributed by atoms with Gasteiger partial charge in [0.15, 0.2) is 6.61 Å². The second kappa shape index (κ2) is 11.2. The zero-order valence-corrected chi connectivity index (χ0v) is 19.6. The van der Waals surface area contributed by atoms with E-state index in [9.17, 15) is 4.79 Å². The average molecular weight is 465 g/mol. The van der Waals surface area contributed by atoms with Crippen LogP contribution in [-0.4, -0.2) is 43.7 Å². The second-order valence-corrected chi connectivity index (χ2v) is 8.45. The highest BCUT2D eigenvalue weighted by Crippen LogP contribution is 2.37. The molecule has 3 aromatic rings. The summed E-state index contributed by atoms with van der Waals surface area (Å²) in [6, 6.07) is 26.9. The third-order valence-corrected chi connectivity index (χ3v) is 6.09. The lowest BCUT2D eigenvalue weighted by atomic mass is 10.0. The molecule has 1 atom stereocenters. The molecular weight excluding hydrogens is 436 g/mol. The van der Waals surface area contributed by atoms with Gasteiger partial charge in [0.2, 0.25) is 0 Å². The van der Waals surface area contributed by atoms with Crippen LogP contribution in [0.4, 0.5) is 5.69 Å². The van der Waals surface area contributed by atoms with E-state index in [1.807, 2.05) is 18.2 Å². The Morgan fingerprint density at radius 1 is 1.00 bits per heavy atom. The third kappa shape index (κ3) is 6.06. The molecule has 1 aliphatic rings. The predicted molar refractivity (Wildman–Crippen MR) is 132 cm³/mol. The van der Waals surface area contributed by atoms with E-state index >= 15 is 0 Å². The minimum Gasteiger partial charge on any atom is -0.482 e. The standard InChI is InChI=1S/C27H29ClN2O3/c1-2-32-27(31)20-33-23-13-14-25(24(28)17-23)30-16-15-29(18-21-9-5-3-6-10-21)19-26(30)22-11-7-4-8-12-22/h3-14,17,26H,2,15-16,18-20H2,1H3/t26-/m0/s1. The third-order valence-electron chi connectivity index (χ3n) is 5.79. The maximum atomic E-state index is 11.6. The van der Waals surface area contributed by atoms with Gasteiger partial charge in [0.1, 0.15) is 5.75 Å². The molecule has 1 heterocycles. The minimum atomic E-state index is -0.392. The van der Waals surface area contributed by atoms with Gasteiger partial charge in [0, 0.05) is 32.2 Å². The van der Waals surface area contributed by atoms with Crippen molar-refractivity contribution in [3.8, 4) is 5.75 Å². The number of hydrogen-bond acceptors (Lipinski definition) is 5. The molecule has 6 heteroatoms. The van der Waals surface area contributed by atoms with Crippen LogP contribution in [0.1, 0.15) is 24.1 Å². The van der Waals surface area contributed by atoms with Crippen LogP contribution in [-0.2, 0) is 16.1 Å². The molecule has 0 N–H and O–H groups in total. The van der Waals surface area contributed by atoms with E-state index in [0.29, 0.717) is 17.4 Å². The Kier molecular flexibility index (Phi) is 7.87. The number of hydrogen-bond donors (Lipinski definition) is 0. The molecule has 0 spiro atoms. The van der Waals surface area contributed by atoms with Crippen molar-refractivity contribution in [1.82, 2.24) is 4.90 Å². The lowest BCUT2D eigenvalue weighted by Crippen LogP contribution is -2.48. The van der Waals surface area contributed by atoms with Crippen LogP contribution in [0, 0.1) is 0 Å².